The van der Waals surface area contributed by atoms with E-state index in [1.807, 2.05) is 0 Å². The molecule has 0 fully saturated rings. The number of primary amides is 1. The minimum atomic E-state index is -0.434. The normalized spacial score (nSPS) is 10.6. The molecule has 1 aromatic heterocycles. The molecule has 0 aliphatic rings. The molecule has 1 aromatic rings. The van der Waals surface area contributed by atoms with Crippen LogP contribution in [-0.4, -0.2) is 25.0 Å². The van der Waals surface area contributed by atoms with Crippen LogP contribution in [0.2, 0.25) is 0 Å². The van der Waals surface area contributed by atoms with Crippen LogP contribution in [0.25, 0.3) is 0 Å². The lowest BCUT2D eigenvalue weighted by Gasteiger charge is -1.98. The van der Waals surface area contributed by atoms with E-state index in [2.05, 4.69) is 10.3 Å². The number of hydrogen-bond donors (Lipinski definition) is 1. The quantitative estimate of drug-likeness (QED) is 0.589. The highest BCUT2D eigenvalue weighted by atomic mass is 32.1. The van der Waals surface area contributed by atoms with Gasteiger partial charge in [-0.3, -0.25) is 9.80 Å². The fraction of sp³-hybridized carbons (Fsp3) is 0.286. The first-order valence-corrected chi connectivity index (χ1v) is 4.45. The zero-order valence-electron chi connectivity index (χ0n) is 7.39. The smallest absolute Gasteiger partial charge is 0.258 e. The minimum Gasteiger partial charge on any atom is -0.365 e. The van der Waals surface area contributed by atoms with Crippen molar-refractivity contribution in [3.63, 3.8) is 0 Å². The molecule has 0 saturated heterocycles. The van der Waals surface area contributed by atoms with E-state index in [4.69, 9.17) is 5.73 Å². The maximum atomic E-state index is 10.7. The lowest BCUT2D eigenvalue weighted by Crippen LogP contribution is -2.07. The first kappa shape index (κ1) is 9.66. The molecule has 0 aromatic carbocycles. The number of nitrogens with zero attached hydrogens (tertiary/aromatic N) is 3. The fourth-order valence-corrected chi connectivity index (χ4v) is 1.32. The number of nitrogens with two attached hydrogens (primary N) is 1. The van der Waals surface area contributed by atoms with Gasteiger partial charge in [-0.2, -0.15) is 0 Å². The van der Waals surface area contributed by atoms with E-state index in [1.54, 1.807) is 30.6 Å². The highest BCUT2D eigenvalue weighted by Gasteiger charge is 2.03. The molecule has 0 spiro atoms. The number of rotatable bonds is 3. The Morgan fingerprint density at radius 1 is 1.62 bits per heavy atom. The third-order valence-electron chi connectivity index (χ3n) is 1.17. The van der Waals surface area contributed by atoms with E-state index in [0.717, 1.165) is 0 Å². The summed E-state index contributed by atoms with van der Waals surface area (Å²) in [5, 5.41) is 10.9. The van der Waals surface area contributed by atoms with E-state index in [9.17, 15) is 4.79 Å². The van der Waals surface area contributed by atoms with Gasteiger partial charge < -0.3 is 5.73 Å². The van der Waals surface area contributed by atoms with Crippen LogP contribution in [0, 0.1) is 0 Å². The molecule has 5 nitrogen and oxygen atoms in total. The molecular weight excluding hydrogens is 188 g/mol. The molecule has 2 N–H and O–H groups in total. The fourth-order valence-electron chi connectivity index (χ4n) is 0.649. The summed E-state index contributed by atoms with van der Waals surface area (Å²) < 4.78 is 0. The summed E-state index contributed by atoms with van der Waals surface area (Å²) in [6.45, 7) is 0. The van der Waals surface area contributed by atoms with Crippen LogP contribution in [0.15, 0.2) is 21.8 Å². The van der Waals surface area contributed by atoms with Crippen molar-refractivity contribution in [1.29, 1.82) is 0 Å². The molecule has 0 aliphatic heterocycles. The Morgan fingerprint density at radius 2 is 2.31 bits per heavy atom. The van der Waals surface area contributed by atoms with Gasteiger partial charge in [-0.25, -0.2) is 0 Å². The van der Waals surface area contributed by atoms with Crippen LogP contribution in [-0.2, 0) is 0 Å². The Kier molecular flexibility index (Phi) is 2.97. The van der Waals surface area contributed by atoms with E-state index in [0.29, 0.717) is 10.6 Å². The molecular formula is C7H10N4OS. The molecule has 0 aliphatic carbocycles. The van der Waals surface area contributed by atoms with E-state index in [1.165, 1.54) is 11.3 Å². The zero-order chi connectivity index (χ0) is 9.84. The number of amides is 1. The molecule has 0 atom stereocenters. The third-order valence-corrected chi connectivity index (χ3v) is 2.10. The van der Waals surface area contributed by atoms with Crippen molar-refractivity contribution in [3.05, 3.63) is 16.3 Å². The van der Waals surface area contributed by atoms with E-state index < -0.39 is 5.91 Å². The molecule has 6 heteroatoms. The van der Waals surface area contributed by atoms with Crippen LogP contribution in [0.4, 0.5) is 5.69 Å². The van der Waals surface area contributed by atoms with Gasteiger partial charge in [0, 0.05) is 19.5 Å². The maximum absolute atomic E-state index is 10.7. The van der Waals surface area contributed by atoms with Crippen LogP contribution in [0.3, 0.4) is 0 Å². The number of hydrogen-bond acceptors (Lipinski definition) is 4. The summed E-state index contributed by atoms with van der Waals surface area (Å²) in [5.41, 5.74) is 5.72. The van der Waals surface area contributed by atoms with Gasteiger partial charge in [-0.05, 0) is 6.07 Å². The Balaban J connectivity index is 2.75. The van der Waals surface area contributed by atoms with Crippen molar-refractivity contribution >= 4 is 22.9 Å². The predicted molar refractivity (Wildman–Crippen MR) is 51.0 cm³/mol. The van der Waals surface area contributed by atoms with Gasteiger partial charge in [-0.1, -0.05) is 5.22 Å². The first-order chi connectivity index (χ1) is 6.09. The monoisotopic (exact) mass is 198 g/mol. The number of carbonyl (C=O) groups excluding carboxylic acids is 1. The molecule has 0 radical (unpaired) electrons. The minimum absolute atomic E-state index is 0.434. The van der Waals surface area contributed by atoms with Crippen LogP contribution < -0.4 is 5.73 Å². The SMILES string of the molecule is CN(C)/N=N/c1csc(C(N)=O)c1. The van der Waals surface area contributed by atoms with E-state index >= 15 is 0 Å². The Morgan fingerprint density at radius 3 is 2.77 bits per heavy atom. The summed E-state index contributed by atoms with van der Waals surface area (Å²) in [6.07, 6.45) is 0. The summed E-state index contributed by atoms with van der Waals surface area (Å²) in [4.78, 5) is 11.2. The largest absolute Gasteiger partial charge is 0.365 e. The Bertz CT molecular complexity index is 331. The van der Waals surface area contributed by atoms with Crippen molar-refractivity contribution in [1.82, 2.24) is 5.01 Å². The van der Waals surface area contributed by atoms with E-state index in [-0.39, 0.29) is 0 Å². The summed E-state index contributed by atoms with van der Waals surface area (Å²) in [6, 6.07) is 1.61. The molecule has 1 rings (SSSR count). The predicted octanol–water partition coefficient (Wildman–Crippen LogP) is 1.41. The van der Waals surface area contributed by atoms with Crippen molar-refractivity contribution in [2.45, 2.75) is 0 Å². The maximum Gasteiger partial charge on any atom is 0.258 e. The van der Waals surface area contributed by atoms with Crippen molar-refractivity contribution in [3.8, 4) is 0 Å². The lowest BCUT2D eigenvalue weighted by atomic mass is 10.4. The van der Waals surface area contributed by atoms with Gasteiger partial charge in [0.05, 0.1) is 10.6 Å². The molecule has 0 unspecified atom stereocenters. The van der Waals surface area contributed by atoms with Crippen LogP contribution >= 0.6 is 11.3 Å². The van der Waals surface area contributed by atoms with Crippen molar-refractivity contribution in [2.24, 2.45) is 16.1 Å². The molecule has 0 bridgehead atoms. The second kappa shape index (κ2) is 3.99. The van der Waals surface area contributed by atoms with Gasteiger partial charge in [0.15, 0.2) is 0 Å². The molecule has 13 heavy (non-hydrogen) atoms. The third kappa shape index (κ3) is 2.83. The van der Waals surface area contributed by atoms with Gasteiger partial charge >= 0.3 is 0 Å². The average Bonchev–Trinajstić information content (AvgIpc) is 2.48. The number of carbonyl (C=O) groups is 1. The van der Waals surface area contributed by atoms with Crippen molar-refractivity contribution < 1.29 is 4.79 Å². The molecule has 1 heterocycles. The molecule has 0 saturated carbocycles. The number of thiophene rings is 1. The summed E-state index contributed by atoms with van der Waals surface area (Å²) >= 11 is 1.26. The lowest BCUT2D eigenvalue weighted by molar-refractivity contribution is 0.100. The first-order valence-electron chi connectivity index (χ1n) is 3.57. The van der Waals surface area contributed by atoms with Gasteiger partial charge in [0.1, 0.15) is 0 Å². The van der Waals surface area contributed by atoms with Gasteiger partial charge in [-0.15, -0.1) is 16.5 Å². The second-order valence-electron chi connectivity index (χ2n) is 2.57. The standard InChI is InChI=1S/C7H10N4OS/c1-11(2)10-9-5-3-6(7(8)12)13-4-5/h3-4H,1-2H3,(H2,8,12)/b10-9+. The molecule has 1 amide bonds. The zero-order valence-corrected chi connectivity index (χ0v) is 8.21. The average molecular weight is 198 g/mol. The van der Waals surface area contributed by atoms with Crippen LogP contribution in [0.1, 0.15) is 9.67 Å². The summed E-state index contributed by atoms with van der Waals surface area (Å²) in [7, 11) is 3.54. The highest BCUT2D eigenvalue weighted by molar-refractivity contribution is 7.12. The Hall–Kier alpha value is -1.43. The second-order valence-corrected chi connectivity index (χ2v) is 3.48. The molecule has 70 valence electrons. The van der Waals surface area contributed by atoms with Crippen molar-refractivity contribution in [2.75, 3.05) is 14.1 Å². The van der Waals surface area contributed by atoms with Gasteiger partial charge in [0.25, 0.3) is 5.91 Å². The topological polar surface area (TPSA) is 71.1 Å². The van der Waals surface area contributed by atoms with Gasteiger partial charge in [0.2, 0.25) is 0 Å². The Labute approximate surface area is 79.8 Å². The van der Waals surface area contributed by atoms with Crippen LogP contribution in [0.5, 0.6) is 0 Å². The summed E-state index contributed by atoms with van der Waals surface area (Å²) in [5.74, 6) is -0.434. The highest BCUT2D eigenvalue weighted by Crippen LogP contribution is 2.21.